The molecule has 0 radical (unpaired) electrons. The second-order valence-electron chi connectivity index (χ2n) is 6.60. The van der Waals surface area contributed by atoms with E-state index in [0.717, 1.165) is 17.8 Å². The highest BCUT2D eigenvalue weighted by molar-refractivity contribution is 5.73. The van der Waals surface area contributed by atoms with Crippen LogP contribution in [0.4, 0.5) is 0 Å². The van der Waals surface area contributed by atoms with Gasteiger partial charge < -0.3 is 25.0 Å². The van der Waals surface area contributed by atoms with Crippen molar-refractivity contribution < 1.29 is 20.1 Å². The van der Waals surface area contributed by atoms with Crippen molar-refractivity contribution in [3.8, 4) is 0 Å². The molecule has 4 atom stereocenters. The Morgan fingerprint density at radius 3 is 2.85 bits per heavy atom. The van der Waals surface area contributed by atoms with Crippen molar-refractivity contribution in [3.63, 3.8) is 0 Å². The topological polar surface area (TPSA) is 142 Å². The number of ether oxygens (including phenoxy) is 1. The number of aliphatic hydroxyl groups is 3. The van der Waals surface area contributed by atoms with Crippen LogP contribution in [0.5, 0.6) is 0 Å². The highest BCUT2D eigenvalue weighted by atomic mass is 16.6. The minimum atomic E-state index is -1.60. The van der Waals surface area contributed by atoms with Gasteiger partial charge in [-0.15, -0.1) is 0 Å². The summed E-state index contributed by atoms with van der Waals surface area (Å²) in [4.78, 5) is 20.0. The lowest BCUT2D eigenvalue weighted by Gasteiger charge is -2.27. The highest BCUT2D eigenvalue weighted by Gasteiger charge is 2.53. The van der Waals surface area contributed by atoms with Crippen molar-refractivity contribution in [3.05, 3.63) is 36.6 Å². The van der Waals surface area contributed by atoms with Gasteiger partial charge in [-0.3, -0.25) is 4.57 Å². The maximum absolute atomic E-state index is 10.7. The van der Waals surface area contributed by atoms with Gasteiger partial charge in [0.1, 0.15) is 29.7 Å². The van der Waals surface area contributed by atoms with Crippen molar-refractivity contribution in [2.75, 3.05) is 6.61 Å². The highest BCUT2D eigenvalue weighted by Crippen LogP contribution is 2.39. The lowest BCUT2D eigenvalue weighted by Crippen LogP contribution is -2.44. The van der Waals surface area contributed by atoms with Crippen molar-refractivity contribution in [2.45, 2.75) is 43.8 Å². The molecule has 0 aromatic carbocycles. The number of aromatic nitrogens is 6. The summed E-state index contributed by atoms with van der Waals surface area (Å²) < 4.78 is 7.21. The molecular formula is C16H20N6O4. The number of imidazole rings is 2. The number of aryl methyl sites for hydroxylation is 2. The van der Waals surface area contributed by atoms with Crippen molar-refractivity contribution in [1.82, 2.24) is 29.5 Å². The van der Waals surface area contributed by atoms with Crippen LogP contribution in [0.2, 0.25) is 0 Å². The third kappa shape index (κ3) is 2.67. The predicted molar refractivity (Wildman–Crippen MR) is 88.9 cm³/mol. The van der Waals surface area contributed by atoms with E-state index in [1.807, 2.05) is 0 Å². The first-order valence-electron chi connectivity index (χ1n) is 8.32. The number of aromatic amines is 1. The van der Waals surface area contributed by atoms with Gasteiger partial charge in [0.15, 0.2) is 11.9 Å². The lowest BCUT2D eigenvalue weighted by molar-refractivity contribution is -0.0950. The molecule has 0 saturated carbocycles. The standard InChI is InChI=1S/C16H20N6O4/c1-16(25)13(24)11(5-23)26-15(16)22-8-21-12-10(19-7-20-14(12)22)3-2-9-4-17-6-18-9/h4,6-8,11,13,15,23-25H,2-3,5H2,1H3,(H,17,18)/t11-,13-,15-,16-/m1/s1. The zero-order valence-electron chi connectivity index (χ0n) is 14.1. The Hall–Kier alpha value is -2.40. The Morgan fingerprint density at radius 2 is 2.15 bits per heavy atom. The van der Waals surface area contributed by atoms with Gasteiger partial charge in [0.2, 0.25) is 0 Å². The number of fused-ring (bicyclic) bond motifs is 1. The summed E-state index contributed by atoms with van der Waals surface area (Å²) in [6, 6.07) is 0. The number of nitrogens with one attached hydrogen (secondary N) is 1. The molecule has 1 aliphatic heterocycles. The second kappa shape index (κ2) is 6.40. The molecule has 138 valence electrons. The summed E-state index contributed by atoms with van der Waals surface area (Å²) in [6.07, 6.45) is 4.67. The normalized spacial score (nSPS) is 28.8. The molecule has 10 nitrogen and oxygen atoms in total. The van der Waals surface area contributed by atoms with Crippen molar-refractivity contribution in [1.29, 1.82) is 0 Å². The van der Waals surface area contributed by atoms with E-state index in [1.54, 1.807) is 17.1 Å². The van der Waals surface area contributed by atoms with Crippen LogP contribution in [0, 0.1) is 0 Å². The molecule has 4 heterocycles. The number of hydrogen-bond donors (Lipinski definition) is 4. The Morgan fingerprint density at radius 1 is 1.31 bits per heavy atom. The maximum atomic E-state index is 10.7. The average Bonchev–Trinajstić information content (AvgIpc) is 3.34. The fourth-order valence-corrected chi connectivity index (χ4v) is 3.32. The molecule has 1 saturated heterocycles. The molecule has 3 aromatic rings. The largest absolute Gasteiger partial charge is 0.394 e. The molecule has 3 aromatic heterocycles. The monoisotopic (exact) mass is 360 g/mol. The molecule has 1 aliphatic rings. The van der Waals surface area contributed by atoms with Gasteiger partial charge in [-0.1, -0.05) is 0 Å². The van der Waals surface area contributed by atoms with Crippen molar-refractivity contribution in [2.24, 2.45) is 0 Å². The molecule has 0 amide bonds. The smallest absolute Gasteiger partial charge is 0.168 e. The third-order valence-electron chi connectivity index (χ3n) is 4.81. The lowest BCUT2D eigenvalue weighted by atomic mass is 9.96. The van der Waals surface area contributed by atoms with Gasteiger partial charge in [-0.05, 0) is 19.8 Å². The molecule has 1 fully saturated rings. The third-order valence-corrected chi connectivity index (χ3v) is 4.81. The Bertz CT molecular complexity index is 893. The molecule has 4 N–H and O–H groups in total. The van der Waals surface area contributed by atoms with Crippen LogP contribution in [0.3, 0.4) is 0 Å². The van der Waals surface area contributed by atoms with E-state index in [9.17, 15) is 15.3 Å². The summed E-state index contributed by atoms with van der Waals surface area (Å²) in [5, 5.41) is 30.2. The Kier molecular flexibility index (Phi) is 4.19. The van der Waals surface area contributed by atoms with E-state index in [-0.39, 0.29) is 0 Å². The van der Waals surface area contributed by atoms with Gasteiger partial charge in [0.25, 0.3) is 0 Å². The van der Waals surface area contributed by atoms with Crippen LogP contribution in [0.15, 0.2) is 25.2 Å². The predicted octanol–water partition coefficient (Wildman–Crippen LogP) is -0.664. The second-order valence-corrected chi connectivity index (χ2v) is 6.60. The Balaban J connectivity index is 1.66. The van der Waals surface area contributed by atoms with Gasteiger partial charge in [-0.25, -0.2) is 19.9 Å². The molecule has 0 unspecified atom stereocenters. The van der Waals surface area contributed by atoms with E-state index >= 15 is 0 Å². The molecule has 0 spiro atoms. The Labute approximate surface area is 148 Å². The van der Waals surface area contributed by atoms with E-state index in [4.69, 9.17) is 4.74 Å². The molecule has 10 heteroatoms. The summed E-state index contributed by atoms with van der Waals surface area (Å²) in [6.45, 7) is 1.06. The van der Waals surface area contributed by atoms with E-state index < -0.39 is 30.6 Å². The molecule has 4 rings (SSSR count). The van der Waals surface area contributed by atoms with Crippen molar-refractivity contribution >= 4 is 11.2 Å². The van der Waals surface area contributed by atoms with Crippen LogP contribution in [-0.4, -0.2) is 69.2 Å². The quantitative estimate of drug-likeness (QED) is 0.469. The first-order valence-corrected chi connectivity index (χ1v) is 8.32. The number of H-pyrrole nitrogens is 1. The molecule has 0 bridgehead atoms. The van der Waals surface area contributed by atoms with E-state index in [0.29, 0.717) is 17.6 Å². The average molecular weight is 360 g/mol. The first-order chi connectivity index (χ1) is 12.5. The number of aliphatic hydroxyl groups excluding tert-OH is 2. The van der Waals surface area contributed by atoms with Gasteiger partial charge in [-0.2, -0.15) is 0 Å². The number of rotatable bonds is 5. The SMILES string of the molecule is C[C@@]1(O)[C@H](O)[C@@H](CO)O[C@H]1n1cnc2c(CCc3cnc[nH]3)ncnc21. The van der Waals surface area contributed by atoms with E-state index in [1.165, 1.54) is 19.6 Å². The van der Waals surface area contributed by atoms with Crippen LogP contribution in [-0.2, 0) is 17.6 Å². The molecule has 0 aliphatic carbocycles. The number of nitrogens with zero attached hydrogens (tertiary/aromatic N) is 5. The zero-order valence-corrected chi connectivity index (χ0v) is 14.1. The summed E-state index contributed by atoms with van der Waals surface area (Å²) in [5.74, 6) is 0. The molecule has 26 heavy (non-hydrogen) atoms. The first kappa shape index (κ1) is 17.0. The molecular weight excluding hydrogens is 340 g/mol. The van der Waals surface area contributed by atoms with Gasteiger partial charge >= 0.3 is 0 Å². The fraction of sp³-hybridized carbons (Fsp3) is 0.500. The van der Waals surface area contributed by atoms with Gasteiger partial charge in [0.05, 0.1) is 25.0 Å². The number of hydrogen-bond acceptors (Lipinski definition) is 8. The fourth-order valence-electron chi connectivity index (χ4n) is 3.32. The zero-order chi connectivity index (χ0) is 18.3. The minimum Gasteiger partial charge on any atom is -0.394 e. The van der Waals surface area contributed by atoms with Crippen LogP contribution in [0.1, 0.15) is 24.5 Å². The summed E-state index contributed by atoms with van der Waals surface area (Å²) in [5.41, 5.74) is 1.26. The summed E-state index contributed by atoms with van der Waals surface area (Å²) >= 11 is 0. The van der Waals surface area contributed by atoms with E-state index in [2.05, 4.69) is 24.9 Å². The van der Waals surface area contributed by atoms with Crippen LogP contribution in [0.25, 0.3) is 11.2 Å². The minimum absolute atomic E-state index is 0.398. The maximum Gasteiger partial charge on any atom is 0.168 e. The van der Waals surface area contributed by atoms with Gasteiger partial charge in [0, 0.05) is 11.9 Å². The van der Waals surface area contributed by atoms with Crippen LogP contribution < -0.4 is 0 Å². The summed E-state index contributed by atoms with van der Waals surface area (Å²) in [7, 11) is 0. The van der Waals surface area contributed by atoms with Crippen LogP contribution >= 0.6 is 0 Å².